The number of benzene rings is 1. The SMILES string of the molecule is CN(c1ncco1)c1cnc(NCc2c(F)ccc3c2CCO3)n2cnnc12. The van der Waals surface area contributed by atoms with E-state index in [1.165, 1.54) is 12.3 Å². The van der Waals surface area contributed by atoms with Gasteiger partial charge in [0.05, 0.1) is 19.0 Å². The summed E-state index contributed by atoms with van der Waals surface area (Å²) in [6, 6.07) is 3.51. The number of anilines is 3. The lowest BCUT2D eigenvalue weighted by molar-refractivity contribution is 0.356. The largest absolute Gasteiger partial charge is 0.493 e. The summed E-state index contributed by atoms with van der Waals surface area (Å²) >= 11 is 0. The molecule has 28 heavy (non-hydrogen) atoms. The number of nitrogens with one attached hydrogen (secondary N) is 1. The Morgan fingerprint density at radius 1 is 1.32 bits per heavy atom. The van der Waals surface area contributed by atoms with E-state index in [0.717, 1.165) is 11.3 Å². The van der Waals surface area contributed by atoms with Crippen molar-refractivity contribution >= 4 is 23.3 Å². The molecular formula is C18H16FN7O2. The van der Waals surface area contributed by atoms with E-state index in [1.807, 2.05) is 0 Å². The molecule has 1 aliphatic heterocycles. The fourth-order valence-electron chi connectivity index (χ4n) is 3.33. The van der Waals surface area contributed by atoms with E-state index >= 15 is 0 Å². The highest BCUT2D eigenvalue weighted by Crippen LogP contribution is 2.31. The van der Waals surface area contributed by atoms with Gasteiger partial charge in [0.1, 0.15) is 29.8 Å². The highest BCUT2D eigenvalue weighted by Gasteiger charge is 2.20. The molecule has 0 fully saturated rings. The van der Waals surface area contributed by atoms with Gasteiger partial charge in [0, 0.05) is 31.1 Å². The molecule has 0 amide bonds. The molecule has 5 rings (SSSR count). The van der Waals surface area contributed by atoms with Gasteiger partial charge in [0.15, 0.2) is 5.65 Å². The molecule has 0 spiro atoms. The lowest BCUT2D eigenvalue weighted by Gasteiger charge is -2.16. The van der Waals surface area contributed by atoms with E-state index in [1.54, 1.807) is 41.1 Å². The molecule has 142 valence electrons. The van der Waals surface area contributed by atoms with Crippen LogP contribution in [0.4, 0.5) is 22.0 Å². The molecule has 0 saturated carbocycles. The van der Waals surface area contributed by atoms with E-state index in [9.17, 15) is 4.39 Å². The summed E-state index contributed by atoms with van der Waals surface area (Å²) in [7, 11) is 1.80. The fraction of sp³-hybridized carbons (Fsp3) is 0.222. The normalized spacial score (nSPS) is 12.8. The van der Waals surface area contributed by atoms with Crippen LogP contribution >= 0.6 is 0 Å². The Morgan fingerprint density at radius 2 is 2.25 bits per heavy atom. The average Bonchev–Trinajstić information content (AvgIpc) is 3.47. The zero-order valence-electron chi connectivity index (χ0n) is 15.0. The van der Waals surface area contributed by atoms with Gasteiger partial charge in [0.2, 0.25) is 5.95 Å². The summed E-state index contributed by atoms with van der Waals surface area (Å²) in [6.07, 6.45) is 6.94. The van der Waals surface area contributed by atoms with Crippen molar-refractivity contribution in [2.75, 3.05) is 23.9 Å². The maximum atomic E-state index is 14.4. The monoisotopic (exact) mass is 381 g/mol. The van der Waals surface area contributed by atoms with Crippen LogP contribution in [-0.2, 0) is 13.0 Å². The van der Waals surface area contributed by atoms with E-state index < -0.39 is 0 Å². The van der Waals surface area contributed by atoms with E-state index in [-0.39, 0.29) is 12.4 Å². The Balaban J connectivity index is 1.46. The van der Waals surface area contributed by atoms with Gasteiger partial charge in [0.25, 0.3) is 0 Å². The molecule has 1 aliphatic rings. The highest BCUT2D eigenvalue weighted by atomic mass is 19.1. The number of ether oxygens (including phenoxy) is 1. The van der Waals surface area contributed by atoms with Crippen molar-refractivity contribution in [2.24, 2.45) is 0 Å². The number of oxazole rings is 1. The van der Waals surface area contributed by atoms with Crippen LogP contribution in [0.15, 0.2) is 41.5 Å². The van der Waals surface area contributed by atoms with Crippen molar-refractivity contribution in [1.29, 1.82) is 0 Å². The van der Waals surface area contributed by atoms with Crippen LogP contribution in [0.25, 0.3) is 5.65 Å². The maximum Gasteiger partial charge on any atom is 0.301 e. The first-order valence-corrected chi connectivity index (χ1v) is 8.71. The molecular weight excluding hydrogens is 365 g/mol. The predicted molar refractivity (Wildman–Crippen MR) is 98.3 cm³/mol. The van der Waals surface area contributed by atoms with Crippen molar-refractivity contribution in [3.8, 4) is 5.75 Å². The third-order valence-corrected chi connectivity index (χ3v) is 4.75. The van der Waals surface area contributed by atoms with Gasteiger partial charge < -0.3 is 14.5 Å². The van der Waals surface area contributed by atoms with E-state index in [0.29, 0.717) is 41.9 Å². The third kappa shape index (κ3) is 2.61. The van der Waals surface area contributed by atoms with Crippen LogP contribution < -0.4 is 15.0 Å². The highest BCUT2D eigenvalue weighted by molar-refractivity contribution is 5.73. The van der Waals surface area contributed by atoms with Crippen molar-refractivity contribution < 1.29 is 13.5 Å². The summed E-state index contributed by atoms with van der Waals surface area (Å²) < 4.78 is 26.9. The standard InChI is InChI=1S/C18H16FN7O2/c1-25(18-20-5-7-28-18)14-9-22-17(26-10-23-24-16(14)26)21-8-12-11-4-6-27-15(11)3-2-13(12)19/h2-3,5,7,9-10H,4,6,8H2,1H3,(H,21,22). The number of hydrogen-bond acceptors (Lipinski definition) is 8. The summed E-state index contributed by atoms with van der Waals surface area (Å²) in [5.74, 6) is 0.973. The molecule has 1 N–H and O–H groups in total. The first-order chi connectivity index (χ1) is 13.7. The molecule has 3 aromatic heterocycles. The second-order valence-corrected chi connectivity index (χ2v) is 6.32. The Labute approximate surface area is 158 Å². The molecule has 0 aliphatic carbocycles. The molecule has 0 radical (unpaired) electrons. The van der Waals surface area contributed by atoms with E-state index in [4.69, 9.17) is 9.15 Å². The summed E-state index contributed by atoms with van der Waals surface area (Å²) in [5.41, 5.74) is 2.72. The van der Waals surface area contributed by atoms with E-state index in [2.05, 4.69) is 25.5 Å². The minimum Gasteiger partial charge on any atom is -0.493 e. The predicted octanol–water partition coefficient (Wildman–Crippen LogP) is 2.57. The minimum absolute atomic E-state index is 0.267. The van der Waals surface area contributed by atoms with Crippen molar-refractivity contribution in [3.63, 3.8) is 0 Å². The van der Waals surface area contributed by atoms with Crippen LogP contribution in [0, 0.1) is 5.82 Å². The average molecular weight is 381 g/mol. The number of aromatic nitrogens is 5. The topological polar surface area (TPSA) is 93.6 Å². The van der Waals surface area contributed by atoms with Crippen LogP contribution in [0.3, 0.4) is 0 Å². The molecule has 0 saturated heterocycles. The summed E-state index contributed by atoms with van der Waals surface area (Å²) in [5, 5.41) is 11.3. The van der Waals surface area contributed by atoms with Crippen molar-refractivity contribution in [3.05, 3.63) is 54.1 Å². The molecule has 4 aromatic rings. The smallest absolute Gasteiger partial charge is 0.301 e. The molecule has 10 heteroatoms. The van der Waals surface area contributed by atoms with Crippen molar-refractivity contribution in [2.45, 2.75) is 13.0 Å². The molecule has 4 heterocycles. The van der Waals surface area contributed by atoms with Gasteiger partial charge in [-0.3, -0.25) is 4.90 Å². The van der Waals surface area contributed by atoms with Gasteiger partial charge in [-0.15, -0.1) is 10.2 Å². The molecule has 0 unspecified atom stereocenters. The molecule has 9 nitrogen and oxygen atoms in total. The summed E-state index contributed by atoms with van der Waals surface area (Å²) in [6.45, 7) is 0.842. The number of fused-ring (bicyclic) bond motifs is 2. The van der Waals surface area contributed by atoms with Gasteiger partial charge in [-0.25, -0.2) is 18.8 Å². The number of halogens is 1. The Bertz CT molecular complexity index is 1140. The lowest BCUT2D eigenvalue weighted by Crippen LogP contribution is -2.14. The molecule has 0 atom stereocenters. The Morgan fingerprint density at radius 3 is 3.11 bits per heavy atom. The van der Waals surface area contributed by atoms with Gasteiger partial charge >= 0.3 is 6.01 Å². The number of hydrogen-bond donors (Lipinski definition) is 1. The Kier molecular flexibility index (Phi) is 3.81. The first-order valence-electron chi connectivity index (χ1n) is 8.71. The van der Waals surface area contributed by atoms with Gasteiger partial charge in [-0.05, 0) is 12.1 Å². The zero-order valence-corrected chi connectivity index (χ0v) is 15.0. The van der Waals surface area contributed by atoms with Gasteiger partial charge in [-0.2, -0.15) is 0 Å². The maximum absolute atomic E-state index is 14.4. The zero-order chi connectivity index (χ0) is 19.1. The quantitative estimate of drug-likeness (QED) is 0.564. The molecule has 0 bridgehead atoms. The van der Waals surface area contributed by atoms with Gasteiger partial charge in [-0.1, -0.05) is 0 Å². The minimum atomic E-state index is -0.267. The third-order valence-electron chi connectivity index (χ3n) is 4.75. The van der Waals surface area contributed by atoms with Crippen LogP contribution in [0.5, 0.6) is 5.75 Å². The fourth-order valence-corrected chi connectivity index (χ4v) is 3.33. The van der Waals surface area contributed by atoms with Crippen LogP contribution in [0.1, 0.15) is 11.1 Å². The summed E-state index contributed by atoms with van der Waals surface area (Å²) in [4.78, 5) is 10.3. The Hall–Kier alpha value is -3.69. The second-order valence-electron chi connectivity index (χ2n) is 6.32. The number of nitrogens with zero attached hydrogens (tertiary/aromatic N) is 6. The lowest BCUT2D eigenvalue weighted by atomic mass is 10.0. The van der Waals surface area contributed by atoms with Crippen LogP contribution in [0.2, 0.25) is 0 Å². The molecule has 1 aromatic carbocycles. The first kappa shape index (κ1) is 16.5. The number of rotatable bonds is 5. The van der Waals surface area contributed by atoms with Crippen molar-refractivity contribution in [1.82, 2.24) is 24.6 Å². The second kappa shape index (κ2) is 6.48. The van der Waals surface area contributed by atoms with Crippen LogP contribution in [-0.4, -0.2) is 38.2 Å².